The topological polar surface area (TPSA) is 91.0 Å². The molecule has 134 valence electrons. The van der Waals surface area contributed by atoms with Gasteiger partial charge in [0.1, 0.15) is 0 Å². The molecule has 1 N–H and O–H groups in total. The van der Waals surface area contributed by atoms with Crippen LogP contribution in [-0.4, -0.2) is 38.5 Å². The summed E-state index contributed by atoms with van der Waals surface area (Å²) in [5.41, 5.74) is 1.74. The van der Waals surface area contributed by atoms with Gasteiger partial charge in [0.2, 0.25) is 0 Å². The Kier molecular flexibility index (Phi) is 5.17. The van der Waals surface area contributed by atoms with Crippen LogP contribution in [0.1, 0.15) is 26.4 Å². The number of nitrogens with one attached hydrogen (secondary N) is 1. The molecule has 0 aliphatic rings. The molecule has 8 nitrogen and oxygen atoms in total. The van der Waals surface area contributed by atoms with Crippen molar-refractivity contribution >= 4 is 33.5 Å². The van der Waals surface area contributed by atoms with Crippen molar-refractivity contribution in [1.29, 1.82) is 0 Å². The van der Waals surface area contributed by atoms with Crippen molar-refractivity contribution in [1.82, 2.24) is 19.6 Å². The third kappa shape index (κ3) is 3.99. The molecule has 0 bridgehead atoms. The van der Waals surface area contributed by atoms with E-state index in [4.69, 9.17) is 0 Å². The fourth-order valence-electron chi connectivity index (χ4n) is 2.44. The second kappa shape index (κ2) is 7.52. The van der Waals surface area contributed by atoms with Crippen molar-refractivity contribution in [2.75, 3.05) is 12.4 Å². The fraction of sp³-hybridized carbons (Fsp3) is 0.176. The van der Waals surface area contributed by atoms with Crippen LogP contribution in [0.2, 0.25) is 0 Å². The van der Waals surface area contributed by atoms with E-state index in [0.29, 0.717) is 17.8 Å². The smallest absolute Gasteiger partial charge is 0.360 e. The molecule has 2 heterocycles. The molecule has 3 aromatic rings. The van der Waals surface area contributed by atoms with E-state index in [-0.39, 0.29) is 11.6 Å². The summed E-state index contributed by atoms with van der Waals surface area (Å²) in [5.74, 6) is -0.953. The second-order valence-corrected chi connectivity index (χ2v) is 6.48. The van der Waals surface area contributed by atoms with Crippen LogP contribution in [0.4, 0.5) is 5.69 Å². The molecule has 26 heavy (non-hydrogen) atoms. The first kappa shape index (κ1) is 17.9. The van der Waals surface area contributed by atoms with E-state index in [0.717, 1.165) is 10.0 Å². The summed E-state index contributed by atoms with van der Waals surface area (Å²) in [7, 11) is 2.92. The average Bonchev–Trinajstić information content (AvgIpc) is 3.19. The fourth-order valence-corrected chi connectivity index (χ4v) is 2.77. The van der Waals surface area contributed by atoms with Crippen LogP contribution in [0.5, 0.6) is 0 Å². The molecular formula is C17H16BrN5O3. The lowest BCUT2D eigenvalue weighted by Crippen LogP contribution is -2.15. The Hall–Kier alpha value is -2.94. The monoisotopic (exact) mass is 417 g/mol. The molecule has 0 atom stereocenters. The maximum Gasteiger partial charge on any atom is 0.360 e. The van der Waals surface area contributed by atoms with E-state index in [2.05, 4.69) is 36.2 Å². The van der Waals surface area contributed by atoms with Gasteiger partial charge in [0.25, 0.3) is 5.91 Å². The molecule has 0 fully saturated rings. The predicted molar refractivity (Wildman–Crippen MR) is 98.0 cm³/mol. The maximum atomic E-state index is 12.6. The number of rotatable bonds is 5. The minimum Gasteiger partial charge on any atom is -0.464 e. The van der Waals surface area contributed by atoms with Crippen molar-refractivity contribution in [3.63, 3.8) is 0 Å². The summed E-state index contributed by atoms with van der Waals surface area (Å²) in [6.45, 7) is 0.535. The number of benzene rings is 1. The number of hydrogen-bond acceptors (Lipinski definition) is 5. The van der Waals surface area contributed by atoms with Crippen molar-refractivity contribution in [2.45, 2.75) is 6.54 Å². The number of carbonyl (C=O) groups excluding carboxylic acids is 2. The van der Waals surface area contributed by atoms with Gasteiger partial charge in [-0.1, -0.05) is 12.1 Å². The number of amides is 1. The number of aromatic nitrogens is 4. The number of methoxy groups -OCH3 is 1. The molecular weight excluding hydrogens is 402 g/mol. The van der Waals surface area contributed by atoms with Crippen LogP contribution in [0.25, 0.3) is 0 Å². The van der Waals surface area contributed by atoms with Gasteiger partial charge < -0.3 is 10.1 Å². The third-order valence-electron chi connectivity index (χ3n) is 3.59. The molecule has 2 aromatic heterocycles. The lowest BCUT2D eigenvalue weighted by molar-refractivity contribution is 0.0594. The maximum absolute atomic E-state index is 12.6. The van der Waals surface area contributed by atoms with E-state index in [1.807, 2.05) is 12.3 Å². The van der Waals surface area contributed by atoms with Gasteiger partial charge >= 0.3 is 5.97 Å². The number of nitrogens with zero attached hydrogens (tertiary/aromatic N) is 4. The third-order valence-corrected chi connectivity index (χ3v) is 4.00. The Morgan fingerprint density at radius 3 is 2.81 bits per heavy atom. The molecule has 1 aromatic carbocycles. The highest BCUT2D eigenvalue weighted by Crippen LogP contribution is 2.17. The highest BCUT2D eigenvalue weighted by Gasteiger charge is 2.19. The number of anilines is 1. The van der Waals surface area contributed by atoms with Gasteiger partial charge in [-0.2, -0.15) is 10.2 Å². The van der Waals surface area contributed by atoms with Gasteiger partial charge in [-0.25, -0.2) is 4.79 Å². The lowest BCUT2D eigenvalue weighted by atomic mass is 10.1. The standard InChI is InChI=1S/C17H16BrN5O3/c1-22-10-14(15(21-22)17(25)26-2)20-16(24)12-5-3-4-11(6-12)8-23-9-13(18)7-19-23/h3-7,9-10H,8H2,1-2H3,(H,20,24). The van der Waals surface area contributed by atoms with E-state index in [9.17, 15) is 9.59 Å². The van der Waals surface area contributed by atoms with Crippen LogP contribution >= 0.6 is 15.9 Å². The van der Waals surface area contributed by atoms with E-state index in [1.54, 1.807) is 42.3 Å². The normalized spacial score (nSPS) is 10.6. The molecule has 0 aliphatic carbocycles. The Morgan fingerprint density at radius 2 is 2.12 bits per heavy atom. The van der Waals surface area contributed by atoms with Gasteiger partial charge in [0.05, 0.1) is 30.0 Å². The average molecular weight is 418 g/mol. The van der Waals surface area contributed by atoms with Crippen molar-refractivity contribution in [3.05, 3.63) is 64.1 Å². The van der Waals surface area contributed by atoms with Crippen LogP contribution in [0, 0.1) is 0 Å². The minimum atomic E-state index is -0.612. The van der Waals surface area contributed by atoms with E-state index in [1.165, 1.54) is 11.8 Å². The number of esters is 1. The molecule has 0 saturated heterocycles. The van der Waals surface area contributed by atoms with Gasteiger partial charge in [0.15, 0.2) is 5.69 Å². The molecule has 0 radical (unpaired) electrons. The van der Waals surface area contributed by atoms with Gasteiger partial charge in [0, 0.05) is 25.0 Å². The van der Waals surface area contributed by atoms with Crippen LogP contribution in [-0.2, 0) is 18.3 Å². The van der Waals surface area contributed by atoms with Gasteiger partial charge in [-0.3, -0.25) is 14.2 Å². The van der Waals surface area contributed by atoms with Crippen molar-refractivity contribution < 1.29 is 14.3 Å². The molecule has 0 unspecified atom stereocenters. The first-order chi connectivity index (χ1) is 12.5. The molecule has 0 saturated carbocycles. The summed E-state index contributed by atoms with van der Waals surface area (Å²) in [6.07, 6.45) is 5.10. The Labute approximate surface area is 157 Å². The SMILES string of the molecule is COC(=O)c1nn(C)cc1NC(=O)c1cccc(Cn2cc(Br)cn2)c1. The summed E-state index contributed by atoms with van der Waals surface area (Å²) in [6, 6.07) is 7.19. The quantitative estimate of drug-likeness (QED) is 0.643. The van der Waals surface area contributed by atoms with E-state index < -0.39 is 5.97 Å². The van der Waals surface area contributed by atoms with Gasteiger partial charge in [-0.15, -0.1) is 0 Å². The summed E-state index contributed by atoms with van der Waals surface area (Å²) in [4.78, 5) is 24.3. The molecule has 3 rings (SSSR count). The number of aryl methyl sites for hydroxylation is 1. The van der Waals surface area contributed by atoms with Crippen molar-refractivity contribution in [3.8, 4) is 0 Å². The molecule has 0 spiro atoms. The van der Waals surface area contributed by atoms with Gasteiger partial charge in [-0.05, 0) is 33.6 Å². The Balaban J connectivity index is 1.78. The minimum absolute atomic E-state index is 0.0564. The van der Waals surface area contributed by atoms with E-state index >= 15 is 0 Å². The lowest BCUT2D eigenvalue weighted by Gasteiger charge is -2.07. The Bertz CT molecular complexity index is 963. The highest BCUT2D eigenvalue weighted by atomic mass is 79.9. The summed E-state index contributed by atoms with van der Waals surface area (Å²) in [5, 5.41) is 10.9. The first-order valence-corrected chi connectivity index (χ1v) is 8.46. The van der Waals surface area contributed by atoms with Crippen LogP contribution in [0.3, 0.4) is 0 Å². The van der Waals surface area contributed by atoms with Crippen molar-refractivity contribution in [2.24, 2.45) is 7.05 Å². The number of hydrogen-bond donors (Lipinski definition) is 1. The predicted octanol–water partition coefficient (Wildman–Crippen LogP) is 2.47. The number of carbonyl (C=O) groups is 2. The zero-order valence-electron chi connectivity index (χ0n) is 14.1. The number of ether oxygens (including phenoxy) is 1. The molecule has 9 heteroatoms. The second-order valence-electron chi connectivity index (χ2n) is 5.57. The molecule has 1 amide bonds. The zero-order chi connectivity index (χ0) is 18.7. The Morgan fingerprint density at radius 1 is 1.31 bits per heavy atom. The molecule has 0 aliphatic heterocycles. The summed E-state index contributed by atoms with van der Waals surface area (Å²) < 4.78 is 8.77. The first-order valence-electron chi connectivity index (χ1n) is 7.66. The highest BCUT2D eigenvalue weighted by molar-refractivity contribution is 9.10. The zero-order valence-corrected chi connectivity index (χ0v) is 15.7. The largest absolute Gasteiger partial charge is 0.464 e. The number of halogens is 1. The van der Waals surface area contributed by atoms with Crippen LogP contribution in [0.15, 0.2) is 47.3 Å². The summed E-state index contributed by atoms with van der Waals surface area (Å²) >= 11 is 3.35. The van der Waals surface area contributed by atoms with Crippen LogP contribution < -0.4 is 5.32 Å².